The Morgan fingerprint density at radius 2 is 2.11 bits per heavy atom. The van der Waals surface area contributed by atoms with Crippen LogP contribution in [0.5, 0.6) is 0 Å². The quantitative estimate of drug-likeness (QED) is 0.876. The molecule has 0 bridgehead atoms. The molecule has 1 saturated carbocycles. The van der Waals surface area contributed by atoms with Crippen LogP contribution >= 0.6 is 0 Å². The second-order valence-electron chi connectivity index (χ2n) is 5.33. The average molecular weight is 261 g/mol. The summed E-state index contributed by atoms with van der Waals surface area (Å²) >= 11 is 0. The number of aromatic nitrogens is 1. The highest BCUT2D eigenvalue weighted by atomic mass is 16.1. The number of carbonyl (C=O) groups is 1. The fourth-order valence-corrected chi connectivity index (χ4v) is 2.83. The van der Waals surface area contributed by atoms with E-state index >= 15 is 0 Å². The molecule has 0 radical (unpaired) electrons. The maximum atomic E-state index is 12.3. The van der Waals surface area contributed by atoms with Gasteiger partial charge in [-0.05, 0) is 31.7 Å². The Balaban J connectivity index is 1.99. The number of nitrogens with one attached hydrogen (secondary N) is 2. The summed E-state index contributed by atoms with van der Waals surface area (Å²) < 4.78 is 0. The third kappa shape index (κ3) is 3.46. The first-order valence-corrected chi connectivity index (χ1v) is 7.15. The van der Waals surface area contributed by atoms with Gasteiger partial charge in [0.15, 0.2) is 0 Å². The number of amides is 1. The fourth-order valence-electron chi connectivity index (χ4n) is 2.83. The predicted octanol–water partition coefficient (Wildman–Crippen LogP) is 2.82. The maximum absolute atomic E-state index is 12.3. The molecule has 2 N–H and O–H groups in total. The van der Waals surface area contributed by atoms with Crippen LogP contribution in [0.1, 0.15) is 49.4 Å². The second-order valence-corrected chi connectivity index (χ2v) is 5.33. The molecule has 0 saturated heterocycles. The normalized spacial score (nSPS) is 17.8. The molecule has 0 spiro atoms. The molecular formula is C15H23N3O. The highest BCUT2D eigenvalue weighted by Gasteiger charge is 2.22. The van der Waals surface area contributed by atoms with Gasteiger partial charge in [0.25, 0.3) is 5.91 Å². The average Bonchev–Trinajstić information content (AvgIpc) is 2.48. The van der Waals surface area contributed by atoms with E-state index in [0.717, 1.165) is 5.69 Å². The first-order chi connectivity index (χ1) is 9.22. The summed E-state index contributed by atoms with van der Waals surface area (Å²) in [6, 6.07) is 2.00. The van der Waals surface area contributed by atoms with Crippen LogP contribution < -0.4 is 10.6 Å². The molecule has 0 aliphatic heterocycles. The van der Waals surface area contributed by atoms with E-state index in [0.29, 0.717) is 11.5 Å². The number of pyridine rings is 1. The molecule has 4 heteroatoms. The van der Waals surface area contributed by atoms with Gasteiger partial charge in [0, 0.05) is 19.3 Å². The van der Waals surface area contributed by atoms with Gasteiger partial charge in [-0.25, -0.2) is 0 Å². The highest BCUT2D eigenvalue weighted by molar-refractivity contribution is 5.99. The van der Waals surface area contributed by atoms with Crippen molar-refractivity contribution in [1.82, 2.24) is 10.3 Å². The molecule has 4 nitrogen and oxygen atoms in total. The monoisotopic (exact) mass is 261 g/mol. The zero-order valence-electron chi connectivity index (χ0n) is 11.8. The first kappa shape index (κ1) is 13.8. The van der Waals surface area contributed by atoms with E-state index < -0.39 is 0 Å². The Morgan fingerprint density at radius 1 is 1.37 bits per heavy atom. The van der Waals surface area contributed by atoms with E-state index in [1.54, 1.807) is 25.5 Å². The van der Waals surface area contributed by atoms with E-state index in [4.69, 9.17) is 0 Å². The van der Waals surface area contributed by atoms with Crippen LogP contribution in [0.3, 0.4) is 0 Å². The zero-order valence-corrected chi connectivity index (χ0v) is 11.8. The number of carbonyl (C=O) groups excluding carboxylic acids is 1. The lowest BCUT2D eigenvalue weighted by Crippen LogP contribution is -2.39. The Morgan fingerprint density at radius 3 is 2.79 bits per heavy atom. The molecule has 1 heterocycles. The lowest BCUT2D eigenvalue weighted by Gasteiger charge is -2.28. The van der Waals surface area contributed by atoms with Crippen molar-refractivity contribution in [1.29, 1.82) is 0 Å². The summed E-state index contributed by atoms with van der Waals surface area (Å²) in [5.74, 6) is 0.613. The summed E-state index contributed by atoms with van der Waals surface area (Å²) in [6.07, 6.45) is 9.73. The number of rotatable bonds is 4. The summed E-state index contributed by atoms with van der Waals surface area (Å²) in [5, 5.41) is 6.14. The summed E-state index contributed by atoms with van der Waals surface area (Å²) in [6.45, 7) is 2.12. The molecule has 1 amide bonds. The van der Waals surface area contributed by atoms with Crippen molar-refractivity contribution in [2.24, 2.45) is 5.92 Å². The highest BCUT2D eigenvalue weighted by Crippen LogP contribution is 2.26. The summed E-state index contributed by atoms with van der Waals surface area (Å²) in [5.41, 5.74) is 1.44. The Labute approximate surface area is 115 Å². The largest absolute Gasteiger partial charge is 0.386 e. The molecule has 1 aliphatic carbocycles. The SMILES string of the molecule is CNc1cnccc1C(=O)NC(C)C1CCCCC1. The fraction of sp³-hybridized carbons (Fsp3) is 0.600. The van der Waals surface area contributed by atoms with Gasteiger partial charge >= 0.3 is 0 Å². The molecule has 2 rings (SSSR count). The number of hydrogen-bond acceptors (Lipinski definition) is 3. The van der Waals surface area contributed by atoms with Crippen molar-refractivity contribution >= 4 is 11.6 Å². The summed E-state index contributed by atoms with van der Waals surface area (Å²) in [4.78, 5) is 16.3. The number of nitrogens with zero attached hydrogens (tertiary/aromatic N) is 1. The Kier molecular flexibility index (Phi) is 4.77. The molecule has 0 aromatic carbocycles. The van der Waals surface area contributed by atoms with Crippen LogP contribution in [0.4, 0.5) is 5.69 Å². The molecule has 1 unspecified atom stereocenters. The lowest BCUT2D eigenvalue weighted by atomic mass is 9.84. The van der Waals surface area contributed by atoms with Crippen molar-refractivity contribution < 1.29 is 4.79 Å². The Hall–Kier alpha value is -1.58. The Bertz CT molecular complexity index is 427. The molecule has 1 atom stereocenters. The minimum absolute atomic E-state index is 0.00942. The topological polar surface area (TPSA) is 54.0 Å². The van der Waals surface area contributed by atoms with Crippen LogP contribution in [0.15, 0.2) is 18.5 Å². The van der Waals surface area contributed by atoms with Gasteiger partial charge in [-0.1, -0.05) is 19.3 Å². The van der Waals surface area contributed by atoms with Crippen LogP contribution in [-0.2, 0) is 0 Å². The molecule has 104 valence electrons. The molecule has 1 aromatic rings. The van der Waals surface area contributed by atoms with Crippen molar-refractivity contribution in [2.75, 3.05) is 12.4 Å². The molecular weight excluding hydrogens is 238 g/mol. The zero-order chi connectivity index (χ0) is 13.7. The lowest BCUT2D eigenvalue weighted by molar-refractivity contribution is 0.0920. The first-order valence-electron chi connectivity index (χ1n) is 7.15. The maximum Gasteiger partial charge on any atom is 0.253 e. The van der Waals surface area contributed by atoms with E-state index in [2.05, 4.69) is 22.5 Å². The standard InChI is InChI=1S/C15H23N3O/c1-11(12-6-4-3-5-7-12)18-15(19)13-8-9-17-10-14(13)16-2/h8-12,16H,3-7H2,1-2H3,(H,18,19). The summed E-state index contributed by atoms with van der Waals surface area (Å²) in [7, 11) is 1.80. The number of hydrogen-bond donors (Lipinski definition) is 2. The van der Waals surface area contributed by atoms with Gasteiger partial charge in [-0.3, -0.25) is 9.78 Å². The smallest absolute Gasteiger partial charge is 0.253 e. The molecule has 1 aliphatic rings. The molecule has 1 aromatic heterocycles. The van der Waals surface area contributed by atoms with Crippen molar-refractivity contribution in [3.8, 4) is 0 Å². The minimum atomic E-state index is -0.00942. The number of anilines is 1. The van der Waals surface area contributed by atoms with E-state index in [9.17, 15) is 4.79 Å². The second kappa shape index (κ2) is 6.55. The third-order valence-corrected chi connectivity index (χ3v) is 4.05. The van der Waals surface area contributed by atoms with Crippen LogP contribution in [-0.4, -0.2) is 24.0 Å². The van der Waals surface area contributed by atoms with Crippen molar-refractivity contribution in [3.63, 3.8) is 0 Å². The van der Waals surface area contributed by atoms with Crippen molar-refractivity contribution in [2.45, 2.75) is 45.1 Å². The van der Waals surface area contributed by atoms with Gasteiger partial charge in [0.2, 0.25) is 0 Å². The van der Waals surface area contributed by atoms with Crippen molar-refractivity contribution in [3.05, 3.63) is 24.0 Å². The molecule has 19 heavy (non-hydrogen) atoms. The third-order valence-electron chi connectivity index (χ3n) is 4.05. The predicted molar refractivity (Wildman–Crippen MR) is 77.3 cm³/mol. The van der Waals surface area contributed by atoms with Crippen LogP contribution in [0, 0.1) is 5.92 Å². The molecule has 1 fully saturated rings. The van der Waals surface area contributed by atoms with Gasteiger partial charge in [-0.15, -0.1) is 0 Å². The van der Waals surface area contributed by atoms with Gasteiger partial charge < -0.3 is 10.6 Å². The van der Waals surface area contributed by atoms with E-state index in [-0.39, 0.29) is 11.9 Å². The minimum Gasteiger partial charge on any atom is -0.386 e. The van der Waals surface area contributed by atoms with Crippen LogP contribution in [0.2, 0.25) is 0 Å². The van der Waals surface area contributed by atoms with Gasteiger partial charge in [0.1, 0.15) is 0 Å². The van der Waals surface area contributed by atoms with Crippen LogP contribution in [0.25, 0.3) is 0 Å². The van der Waals surface area contributed by atoms with Gasteiger partial charge in [-0.2, -0.15) is 0 Å². The van der Waals surface area contributed by atoms with E-state index in [1.807, 2.05) is 0 Å². The van der Waals surface area contributed by atoms with E-state index in [1.165, 1.54) is 32.1 Å². The van der Waals surface area contributed by atoms with Gasteiger partial charge in [0.05, 0.1) is 17.4 Å².